The SMILES string of the molecule is CCN(CCCNCc1ccc(S(N)(=O)=O)o1)S(C)(=O)=O. The third kappa shape index (κ3) is 6.14. The lowest BCUT2D eigenvalue weighted by molar-refractivity contribution is 0.392. The van der Waals surface area contributed by atoms with Crippen molar-refractivity contribution in [2.45, 2.75) is 25.0 Å². The van der Waals surface area contributed by atoms with Gasteiger partial charge in [-0.2, -0.15) is 0 Å². The first-order chi connectivity index (χ1) is 9.64. The van der Waals surface area contributed by atoms with Crippen molar-refractivity contribution in [1.29, 1.82) is 0 Å². The van der Waals surface area contributed by atoms with Crippen LogP contribution in [0.2, 0.25) is 0 Å². The van der Waals surface area contributed by atoms with E-state index in [1.54, 1.807) is 6.92 Å². The van der Waals surface area contributed by atoms with Gasteiger partial charge in [0.1, 0.15) is 5.76 Å². The Morgan fingerprint density at radius 1 is 1.29 bits per heavy atom. The first-order valence-corrected chi connectivity index (χ1v) is 9.81. The minimum Gasteiger partial charge on any atom is -0.447 e. The van der Waals surface area contributed by atoms with E-state index in [-0.39, 0.29) is 5.09 Å². The molecule has 0 aliphatic carbocycles. The number of primary sulfonamides is 1. The molecule has 122 valence electrons. The van der Waals surface area contributed by atoms with Crippen LogP contribution >= 0.6 is 0 Å². The quantitative estimate of drug-likeness (QED) is 0.595. The molecule has 0 aliphatic heterocycles. The van der Waals surface area contributed by atoms with Gasteiger partial charge in [0.15, 0.2) is 0 Å². The molecular formula is C11H21N3O5S2. The summed E-state index contributed by atoms with van der Waals surface area (Å²) in [6, 6.07) is 2.83. The van der Waals surface area contributed by atoms with E-state index < -0.39 is 20.0 Å². The monoisotopic (exact) mass is 339 g/mol. The fourth-order valence-electron chi connectivity index (χ4n) is 1.76. The Morgan fingerprint density at radius 3 is 2.43 bits per heavy atom. The molecule has 0 atom stereocenters. The Bertz CT molecular complexity index is 651. The molecule has 1 heterocycles. The number of rotatable bonds is 9. The van der Waals surface area contributed by atoms with Gasteiger partial charge < -0.3 is 9.73 Å². The molecule has 10 heteroatoms. The second kappa shape index (κ2) is 7.36. The minimum atomic E-state index is -3.82. The summed E-state index contributed by atoms with van der Waals surface area (Å²) in [4.78, 5) is 0. The zero-order valence-corrected chi connectivity index (χ0v) is 13.7. The highest BCUT2D eigenvalue weighted by Crippen LogP contribution is 2.11. The maximum absolute atomic E-state index is 11.4. The van der Waals surface area contributed by atoms with E-state index in [0.717, 1.165) is 0 Å². The van der Waals surface area contributed by atoms with Gasteiger partial charge in [0.2, 0.25) is 15.1 Å². The molecule has 0 fully saturated rings. The van der Waals surface area contributed by atoms with Crippen LogP contribution in [0.1, 0.15) is 19.1 Å². The fourth-order valence-corrected chi connectivity index (χ4v) is 3.17. The predicted molar refractivity (Wildman–Crippen MR) is 78.5 cm³/mol. The van der Waals surface area contributed by atoms with Gasteiger partial charge in [0.25, 0.3) is 10.0 Å². The largest absolute Gasteiger partial charge is 0.447 e. The summed E-state index contributed by atoms with van der Waals surface area (Å²) in [5.41, 5.74) is 0. The molecule has 1 rings (SSSR count). The van der Waals surface area contributed by atoms with Crippen LogP contribution in [0.15, 0.2) is 21.6 Å². The molecule has 21 heavy (non-hydrogen) atoms. The average Bonchev–Trinajstić information content (AvgIpc) is 2.80. The highest BCUT2D eigenvalue weighted by atomic mass is 32.2. The van der Waals surface area contributed by atoms with E-state index >= 15 is 0 Å². The summed E-state index contributed by atoms with van der Waals surface area (Å²) in [7, 11) is -6.98. The Morgan fingerprint density at radius 2 is 1.95 bits per heavy atom. The van der Waals surface area contributed by atoms with Crippen molar-refractivity contribution >= 4 is 20.0 Å². The van der Waals surface area contributed by atoms with Gasteiger partial charge >= 0.3 is 0 Å². The van der Waals surface area contributed by atoms with E-state index in [1.807, 2.05) is 0 Å². The molecule has 8 nitrogen and oxygen atoms in total. The first kappa shape index (κ1) is 18.1. The number of furan rings is 1. The molecule has 1 aromatic heterocycles. The number of sulfonamides is 2. The van der Waals surface area contributed by atoms with Crippen LogP contribution in [-0.2, 0) is 26.6 Å². The second-order valence-electron chi connectivity index (χ2n) is 4.55. The summed E-state index contributed by atoms with van der Waals surface area (Å²) < 4.78 is 51.2. The summed E-state index contributed by atoms with van der Waals surface area (Å²) in [5, 5.41) is 7.71. The molecule has 0 radical (unpaired) electrons. The molecule has 0 aromatic carbocycles. The van der Waals surface area contributed by atoms with Crippen LogP contribution in [0.4, 0.5) is 0 Å². The molecule has 0 spiro atoms. The average molecular weight is 339 g/mol. The van der Waals surface area contributed by atoms with E-state index in [0.29, 0.717) is 38.4 Å². The number of hydrogen-bond donors (Lipinski definition) is 2. The molecule has 0 unspecified atom stereocenters. The van der Waals surface area contributed by atoms with Crippen molar-refractivity contribution in [3.05, 3.63) is 17.9 Å². The van der Waals surface area contributed by atoms with Gasteiger partial charge in [-0.3, -0.25) is 0 Å². The Balaban J connectivity index is 2.34. The van der Waals surface area contributed by atoms with Gasteiger partial charge in [0, 0.05) is 13.1 Å². The summed E-state index contributed by atoms with van der Waals surface area (Å²) in [6.07, 6.45) is 1.82. The summed E-state index contributed by atoms with van der Waals surface area (Å²) in [5.74, 6) is 0.453. The predicted octanol–water partition coefficient (Wildman–Crippen LogP) is -0.312. The highest BCUT2D eigenvalue weighted by Gasteiger charge is 2.14. The standard InChI is InChI=1S/C11H21N3O5S2/c1-3-14(20(2,15)16)8-4-7-13-9-10-5-6-11(19-10)21(12,17)18/h5-6,13H,3-4,7-9H2,1-2H3,(H2,12,17,18). The molecule has 0 saturated heterocycles. The zero-order valence-electron chi connectivity index (χ0n) is 12.1. The lowest BCUT2D eigenvalue weighted by atomic mass is 10.4. The van der Waals surface area contributed by atoms with Crippen LogP contribution < -0.4 is 10.5 Å². The van der Waals surface area contributed by atoms with E-state index in [9.17, 15) is 16.8 Å². The Kier molecular flexibility index (Phi) is 6.35. The smallest absolute Gasteiger partial charge is 0.271 e. The van der Waals surface area contributed by atoms with E-state index in [2.05, 4.69) is 5.32 Å². The van der Waals surface area contributed by atoms with Crippen molar-refractivity contribution < 1.29 is 21.3 Å². The number of nitrogens with zero attached hydrogens (tertiary/aromatic N) is 1. The van der Waals surface area contributed by atoms with Gasteiger partial charge in [-0.1, -0.05) is 6.92 Å². The number of nitrogens with one attached hydrogen (secondary N) is 1. The highest BCUT2D eigenvalue weighted by molar-refractivity contribution is 7.89. The lowest BCUT2D eigenvalue weighted by Crippen LogP contribution is -2.32. The second-order valence-corrected chi connectivity index (χ2v) is 8.03. The maximum atomic E-state index is 11.4. The van der Waals surface area contributed by atoms with Crippen molar-refractivity contribution in [3.8, 4) is 0 Å². The van der Waals surface area contributed by atoms with Gasteiger partial charge in [-0.25, -0.2) is 26.3 Å². The minimum absolute atomic E-state index is 0.270. The Labute approximate surface area is 125 Å². The summed E-state index contributed by atoms with van der Waals surface area (Å²) >= 11 is 0. The van der Waals surface area contributed by atoms with Crippen LogP contribution in [0, 0.1) is 0 Å². The number of nitrogens with two attached hydrogens (primary N) is 1. The molecule has 1 aromatic rings. The Hall–Kier alpha value is -0.940. The normalized spacial score (nSPS) is 13.0. The molecule has 3 N–H and O–H groups in total. The fraction of sp³-hybridized carbons (Fsp3) is 0.636. The third-order valence-corrected chi connectivity index (χ3v) is 4.96. The molecule has 0 bridgehead atoms. The molecule has 0 saturated carbocycles. The van der Waals surface area contributed by atoms with Crippen molar-refractivity contribution in [3.63, 3.8) is 0 Å². The van der Waals surface area contributed by atoms with Gasteiger partial charge in [-0.15, -0.1) is 0 Å². The maximum Gasteiger partial charge on any atom is 0.271 e. The van der Waals surface area contributed by atoms with Gasteiger partial charge in [-0.05, 0) is 25.1 Å². The number of hydrogen-bond acceptors (Lipinski definition) is 6. The van der Waals surface area contributed by atoms with Crippen LogP contribution in [0.5, 0.6) is 0 Å². The topological polar surface area (TPSA) is 123 Å². The molecule has 0 aliphatic rings. The molecular weight excluding hydrogens is 318 g/mol. The van der Waals surface area contributed by atoms with E-state index in [4.69, 9.17) is 9.56 Å². The lowest BCUT2D eigenvalue weighted by Gasteiger charge is -2.17. The first-order valence-electron chi connectivity index (χ1n) is 6.42. The zero-order chi connectivity index (χ0) is 16.1. The van der Waals surface area contributed by atoms with Crippen molar-refractivity contribution in [2.75, 3.05) is 25.9 Å². The third-order valence-electron chi connectivity index (χ3n) is 2.80. The van der Waals surface area contributed by atoms with Crippen molar-refractivity contribution in [2.24, 2.45) is 5.14 Å². The summed E-state index contributed by atoms with van der Waals surface area (Å²) in [6.45, 7) is 3.59. The van der Waals surface area contributed by atoms with E-state index in [1.165, 1.54) is 22.7 Å². The van der Waals surface area contributed by atoms with Gasteiger partial charge in [0.05, 0.1) is 12.8 Å². The molecule has 0 amide bonds. The van der Waals surface area contributed by atoms with Crippen LogP contribution in [-0.4, -0.2) is 47.0 Å². The van der Waals surface area contributed by atoms with Crippen LogP contribution in [0.3, 0.4) is 0 Å². The van der Waals surface area contributed by atoms with Crippen LogP contribution in [0.25, 0.3) is 0 Å². The van der Waals surface area contributed by atoms with Crippen molar-refractivity contribution in [1.82, 2.24) is 9.62 Å².